The summed E-state index contributed by atoms with van der Waals surface area (Å²) in [6, 6.07) is 132. The van der Waals surface area contributed by atoms with E-state index >= 15 is 0 Å². The summed E-state index contributed by atoms with van der Waals surface area (Å²) in [5.74, 6) is 0.579. The van der Waals surface area contributed by atoms with Gasteiger partial charge in [-0.15, -0.1) is 0 Å². The Labute approximate surface area is 577 Å². The molecule has 0 fully saturated rings. The third-order valence-electron chi connectivity index (χ3n) is 20.3. The average Bonchev–Trinajstić information content (AvgIpc) is 1.59. The fraction of sp³-hybridized carbons (Fsp3) is 0. The maximum Gasteiger partial charge on any atom is 0.235 e. The van der Waals surface area contributed by atoms with Gasteiger partial charge in [-0.2, -0.15) is 0 Å². The molecule has 20 rings (SSSR count). The Balaban J connectivity index is 0.768. The molecular formula is C94H60N6. The Hall–Kier alpha value is -13.4. The molecule has 0 unspecified atom stereocenters. The Kier molecular flexibility index (Phi) is 13.2. The maximum atomic E-state index is 5.76. The quantitative estimate of drug-likeness (QED) is 0.130. The van der Waals surface area contributed by atoms with Crippen LogP contribution >= 0.6 is 0 Å². The lowest BCUT2D eigenvalue weighted by molar-refractivity contribution is 0.995. The molecule has 0 spiro atoms. The van der Waals surface area contributed by atoms with Gasteiger partial charge in [-0.3, -0.25) is 4.57 Å². The van der Waals surface area contributed by atoms with Gasteiger partial charge < -0.3 is 13.7 Å². The van der Waals surface area contributed by atoms with Gasteiger partial charge in [-0.05, 0) is 183 Å². The number of benzene rings is 15. The van der Waals surface area contributed by atoms with Gasteiger partial charge in [0, 0.05) is 71.3 Å². The summed E-state index contributed by atoms with van der Waals surface area (Å²) in [7, 11) is 0. The molecule has 0 N–H and O–H groups in total. The summed E-state index contributed by atoms with van der Waals surface area (Å²) in [6.07, 6.45) is 0. The predicted molar refractivity (Wildman–Crippen MR) is 417 cm³/mol. The zero-order valence-corrected chi connectivity index (χ0v) is 54.3. The van der Waals surface area contributed by atoms with Crippen LogP contribution in [0, 0.1) is 0 Å². The van der Waals surface area contributed by atoms with E-state index in [2.05, 4.69) is 382 Å². The van der Waals surface area contributed by atoms with Crippen molar-refractivity contribution in [3.05, 3.63) is 364 Å². The van der Waals surface area contributed by atoms with Crippen molar-refractivity contribution in [3.63, 3.8) is 0 Å². The fourth-order valence-corrected chi connectivity index (χ4v) is 15.7. The minimum absolute atomic E-state index is 0.579. The zero-order valence-electron chi connectivity index (χ0n) is 54.3. The first-order valence-corrected chi connectivity index (χ1v) is 34.2. The van der Waals surface area contributed by atoms with Crippen molar-refractivity contribution in [2.24, 2.45) is 0 Å². The second-order valence-corrected chi connectivity index (χ2v) is 26.1. The minimum Gasteiger partial charge on any atom is -0.309 e. The molecule has 0 atom stereocenters. The molecule has 5 aromatic heterocycles. The van der Waals surface area contributed by atoms with E-state index in [1.165, 1.54) is 65.5 Å². The highest BCUT2D eigenvalue weighted by Crippen LogP contribution is 2.43. The normalized spacial score (nSPS) is 11.8. The van der Waals surface area contributed by atoms with Crippen LogP contribution in [0.5, 0.6) is 0 Å². The molecule has 0 bridgehead atoms. The first-order valence-electron chi connectivity index (χ1n) is 34.2. The monoisotopic (exact) mass is 1270 g/mol. The van der Waals surface area contributed by atoms with Crippen molar-refractivity contribution < 1.29 is 0 Å². The largest absolute Gasteiger partial charge is 0.309 e. The summed E-state index contributed by atoms with van der Waals surface area (Å²) >= 11 is 0. The highest BCUT2D eigenvalue weighted by atomic mass is 15.2. The predicted octanol–water partition coefficient (Wildman–Crippen LogP) is 24.5. The lowest BCUT2D eigenvalue weighted by Gasteiger charge is -2.15. The fourth-order valence-electron chi connectivity index (χ4n) is 15.7. The number of rotatable bonds is 11. The number of hydrogen-bond donors (Lipinski definition) is 0. The SMILES string of the molecule is c1ccc(-c2cc(-c3ccccc3)cc(-c3cccc(-c4cc(-c5cccc(-n6c7ccccc7c7ccc(-c8ccc9c(c8)c8ccccc8n9-c8ccccc8)cc76)c5)nc(-n5c6ccccc6c6ccc(-c7ccc8c(c7)c7ccccc7n8-c7ccccc7)cc65)n4)c3)c2)cc1. The van der Waals surface area contributed by atoms with Gasteiger partial charge in [-0.25, -0.2) is 9.97 Å². The van der Waals surface area contributed by atoms with E-state index in [-0.39, 0.29) is 0 Å². The third kappa shape index (κ3) is 9.41. The summed E-state index contributed by atoms with van der Waals surface area (Å²) in [4.78, 5) is 11.5. The van der Waals surface area contributed by atoms with Crippen molar-refractivity contribution in [2.45, 2.75) is 0 Å². The van der Waals surface area contributed by atoms with Gasteiger partial charge in [0.25, 0.3) is 0 Å². The first kappa shape index (κ1) is 56.9. The van der Waals surface area contributed by atoms with Crippen molar-refractivity contribution in [1.29, 1.82) is 0 Å². The minimum atomic E-state index is 0.579. The molecule has 0 aliphatic heterocycles. The molecule has 100 heavy (non-hydrogen) atoms. The number of para-hydroxylation sites is 6. The summed E-state index contributed by atoms with van der Waals surface area (Å²) in [5, 5.41) is 9.49. The average molecular weight is 1270 g/mol. The number of nitrogens with zero attached hydrogens (tertiary/aromatic N) is 6. The van der Waals surface area contributed by atoms with Crippen LogP contribution in [0.25, 0.3) is 188 Å². The second kappa shape index (κ2) is 23.2. The van der Waals surface area contributed by atoms with Crippen molar-refractivity contribution >= 4 is 87.2 Å². The van der Waals surface area contributed by atoms with Crippen molar-refractivity contribution in [2.75, 3.05) is 0 Å². The Morgan fingerprint density at radius 1 is 0.150 bits per heavy atom. The number of aromatic nitrogens is 6. The molecule has 0 saturated carbocycles. The van der Waals surface area contributed by atoms with Crippen LogP contribution in [0.1, 0.15) is 0 Å². The molecule has 0 radical (unpaired) electrons. The summed E-state index contributed by atoms with van der Waals surface area (Å²) in [6.45, 7) is 0. The lowest BCUT2D eigenvalue weighted by atomic mass is 9.92. The standard InChI is InChI=1S/C94H60N6/c1-5-23-61(24-6-1)70-52-71(62-25-7-2-8-26-62)54-72(53-70)63-27-21-28-68(51-63)84-60-85(96-94(95-84)100-89-42-20-14-36-77(89)81-48-44-67(59-93(81)100)65-46-50-91-83(57-65)79-38-16-19-41-88(79)98(91)74-32-11-4-12-33-74)69-29-22-34-75(55-69)99-86-39-17-13-35-76(86)80-47-43-66(58-92(80)99)64-45-49-90-82(56-64)78-37-15-18-40-87(78)97(90)73-30-9-3-10-31-73/h1-60H. The summed E-state index contributed by atoms with van der Waals surface area (Å²) < 4.78 is 9.48. The van der Waals surface area contributed by atoms with Gasteiger partial charge in [0.15, 0.2) is 0 Å². The number of hydrogen-bond acceptors (Lipinski definition) is 2. The zero-order chi connectivity index (χ0) is 65.8. The smallest absolute Gasteiger partial charge is 0.235 e. The molecule has 0 aliphatic rings. The Morgan fingerprint density at radius 2 is 0.450 bits per heavy atom. The summed E-state index contributed by atoms with van der Waals surface area (Å²) in [5.41, 5.74) is 27.3. The van der Waals surface area contributed by atoms with Gasteiger partial charge in [-0.1, -0.05) is 237 Å². The number of fused-ring (bicyclic) bond motifs is 12. The van der Waals surface area contributed by atoms with E-state index in [1.807, 2.05) is 0 Å². The molecule has 0 aliphatic carbocycles. The molecule has 5 heterocycles. The topological polar surface area (TPSA) is 45.5 Å². The van der Waals surface area contributed by atoms with Gasteiger partial charge in [0.2, 0.25) is 5.95 Å². The molecule has 0 saturated heterocycles. The van der Waals surface area contributed by atoms with Crippen LogP contribution in [0.2, 0.25) is 0 Å². The van der Waals surface area contributed by atoms with Crippen molar-refractivity contribution in [3.8, 4) is 101 Å². The molecular weight excluding hydrogens is 1210 g/mol. The van der Waals surface area contributed by atoms with Crippen LogP contribution in [-0.2, 0) is 0 Å². The van der Waals surface area contributed by atoms with E-state index in [0.29, 0.717) is 5.95 Å². The molecule has 466 valence electrons. The molecule has 0 amide bonds. The van der Waals surface area contributed by atoms with Crippen LogP contribution in [0.4, 0.5) is 0 Å². The third-order valence-corrected chi connectivity index (χ3v) is 20.3. The van der Waals surface area contributed by atoms with Gasteiger partial charge in [0.05, 0.1) is 55.5 Å². The molecule has 6 nitrogen and oxygen atoms in total. The van der Waals surface area contributed by atoms with E-state index in [9.17, 15) is 0 Å². The lowest BCUT2D eigenvalue weighted by Crippen LogP contribution is -2.04. The van der Waals surface area contributed by atoms with Crippen LogP contribution < -0.4 is 0 Å². The molecule has 15 aromatic carbocycles. The second-order valence-electron chi connectivity index (χ2n) is 26.1. The van der Waals surface area contributed by atoms with E-state index in [4.69, 9.17) is 9.97 Å². The highest BCUT2D eigenvalue weighted by Gasteiger charge is 2.22. The Morgan fingerprint density at radius 3 is 0.940 bits per heavy atom. The van der Waals surface area contributed by atoms with Gasteiger partial charge >= 0.3 is 0 Å². The van der Waals surface area contributed by atoms with Gasteiger partial charge in [0.1, 0.15) is 0 Å². The molecule has 20 aromatic rings. The van der Waals surface area contributed by atoms with E-state index in [1.54, 1.807) is 0 Å². The maximum absolute atomic E-state index is 5.76. The van der Waals surface area contributed by atoms with Crippen molar-refractivity contribution in [1.82, 2.24) is 28.2 Å². The van der Waals surface area contributed by atoms with E-state index in [0.717, 1.165) is 117 Å². The van der Waals surface area contributed by atoms with Crippen LogP contribution in [0.3, 0.4) is 0 Å². The van der Waals surface area contributed by atoms with E-state index < -0.39 is 0 Å². The Bertz CT molecular complexity index is 6570. The highest BCUT2D eigenvalue weighted by molar-refractivity contribution is 6.15. The first-order chi connectivity index (χ1) is 49.6. The van der Waals surface area contributed by atoms with Crippen LogP contribution in [-0.4, -0.2) is 28.2 Å². The molecule has 6 heteroatoms. The van der Waals surface area contributed by atoms with Crippen LogP contribution in [0.15, 0.2) is 364 Å².